The van der Waals surface area contributed by atoms with Gasteiger partial charge >= 0.3 is 5.97 Å². The van der Waals surface area contributed by atoms with Crippen molar-refractivity contribution in [1.82, 2.24) is 0 Å². The Labute approximate surface area is 115 Å². The molecule has 1 N–H and O–H groups in total. The fourth-order valence-electron chi connectivity index (χ4n) is 2.24. The van der Waals surface area contributed by atoms with Gasteiger partial charge in [-0.2, -0.15) is 0 Å². The molecule has 106 valence electrons. The molecule has 1 atom stereocenters. The van der Waals surface area contributed by atoms with Gasteiger partial charge < -0.3 is 14.3 Å². The summed E-state index contributed by atoms with van der Waals surface area (Å²) >= 11 is 0. The van der Waals surface area contributed by atoms with Crippen LogP contribution in [0.1, 0.15) is 19.8 Å². The molecule has 0 aromatic heterocycles. The van der Waals surface area contributed by atoms with Crippen molar-refractivity contribution >= 4 is 5.97 Å². The lowest BCUT2D eigenvalue weighted by Gasteiger charge is -2.37. The number of para-hydroxylation sites is 1. The van der Waals surface area contributed by atoms with E-state index in [1.54, 1.807) is 24.3 Å². The SMILES string of the molecule is CC(=O)OC1CCC[N+](C)(C)C1.Oc1ccccc1. The number of likely N-dealkylation sites (tertiary alicyclic amines) is 1. The largest absolute Gasteiger partial charge is 0.508 e. The molecule has 19 heavy (non-hydrogen) atoms. The average molecular weight is 266 g/mol. The topological polar surface area (TPSA) is 46.5 Å². The number of quaternary nitrogens is 1. The molecule has 1 saturated heterocycles. The van der Waals surface area contributed by atoms with E-state index >= 15 is 0 Å². The minimum absolute atomic E-state index is 0.145. The van der Waals surface area contributed by atoms with E-state index in [-0.39, 0.29) is 12.1 Å². The van der Waals surface area contributed by atoms with Gasteiger partial charge in [0.25, 0.3) is 0 Å². The minimum atomic E-state index is -0.151. The molecule has 0 amide bonds. The third-order valence-electron chi connectivity index (χ3n) is 3.08. The Bertz CT molecular complexity index is 390. The van der Waals surface area contributed by atoms with E-state index in [0.29, 0.717) is 5.75 Å². The smallest absolute Gasteiger partial charge is 0.303 e. The van der Waals surface area contributed by atoms with Crippen LogP contribution in [-0.4, -0.2) is 48.8 Å². The highest BCUT2D eigenvalue weighted by Gasteiger charge is 2.28. The molecule has 0 bridgehead atoms. The van der Waals surface area contributed by atoms with Gasteiger partial charge in [-0.05, 0) is 18.6 Å². The van der Waals surface area contributed by atoms with Crippen molar-refractivity contribution in [3.05, 3.63) is 30.3 Å². The number of likely N-dealkylation sites (N-methyl/N-ethyl adjacent to an activating group) is 1. The van der Waals surface area contributed by atoms with Crippen molar-refractivity contribution in [2.75, 3.05) is 27.2 Å². The van der Waals surface area contributed by atoms with Crippen LogP contribution in [0.5, 0.6) is 5.75 Å². The zero-order valence-corrected chi connectivity index (χ0v) is 12.0. The van der Waals surface area contributed by atoms with E-state index in [1.807, 2.05) is 6.07 Å². The van der Waals surface area contributed by atoms with Gasteiger partial charge in [0.15, 0.2) is 6.10 Å². The van der Waals surface area contributed by atoms with Crippen molar-refractivity contribution in [2.45, 2.75) is 25.9 Å². The van der Waals surface area contributed by atoms with Gasteiger partial charge in [-0.1, -0.05) is 18.2 Å². The van der Waals surface area contributed by atoms with Crippen LogP contribution in [0.15, 0.2) is 30.3 Å². The van der Waals surface area contributed by atoms with Crippen molar-refractivity contribution in [3.63, 3.8) is 0 Å². The van der Waals surface area contributed by atoms with Gasteiger partial charge in [0, 0.05) is 13.3 Å². The fourth-order valence-corrected chi connectivity index (χ4v) is 2.24. The molecule has 1 unspecified atom stereocenters. The number of rotatable bonds is 1. The van der Waals surface area contributed by atoms with E-state index in [2.05, 4.69) is 14.1 Å². The Morgan fingerprint density at radius 3 is 2.37 bits per heavy atom. The van der Waals surface area contributed by atoms with Gasteiger partial charge in [0.2, 0.25) is 0 Å². The van der Waals surface area contributed by atoms with E-state index in [4.69, 9.17) is 9.84 Å². The van der Waals surface area contributed by atoms with Crippen LogP contribution in [0.2, 0.25) is 0 Å². The van der Waals surface area contributed by atoms with E-state index in [9.17, 15) is 4.79 Å². The monoisotopic (exact) mass is 266 g/mol. The zero-order chi connectivity index (χ0) is 14.3. The number of piperidine rings is 1. The maximum atomic E-state index is 10.7. The first kappa shape index (κ1) is 15.5. The predicted molar refractivity (Wildman–Crippen MR) is 74.7 cm³/mol. The Balaban J connectivity index is 0.000000218. The Morgan fingerprint density at radius 2 is 1.95 bits per heavy atom. The lowest BCUT2D eigenvalue weighted by Crippen LogP contribution is -2.50. The Kier molecular flexibility index (Phi) is 5.83. The first-order chi connectivity index (χ1) is 8.89. The summed E-state index contributed by atoms with van der Waals surface area (Å²) in [5.41, 5.74) is 0. The summed E-state index contributed by atoms with van der Waals surface area (Å²) in [5.74, 6) is 0.171. The third-order valence-corrected chi connectivity index (χ3v) is 3.08. The molecule has 1 aromatic rings. The highest BCUT2D eigenvalue weighted by molar-refractivity contribution is 5.66. The number of esters is 1. The second-order valence-electron chi connectivity index (χ2n) is 5.55. The van der Waals surface area contributed by atoms with E-state index < -0.39 is 0 Å². The molecule has 1 fully saturated rings. The summed E-state index contributed by atoms with van der Waals surface area (Å²) in [4.78, 5) is 10.7. The molecular formula is C15H24NO3+. The van der Waals surface area contributed by atoms with Crippen LogP contribution in [-0.2, 0) is 9.53 Å². The molecule has 4 heteroatoms. The summed E-state index contributed by atoms with van der Waals surface area (Å²) in [6.07, 6.45) is 2.33. The number of phenols is 1. The van der Waals surface area contributed by atoms with Crippen molar-refractivity contribution in [2.24, 2.45) is 0 Å². The molecule has 0 spiro atoms. The molecule has 1 heterocycles. The van der Waals surface area contributed by atoms with Crippen LogP contribution in [0, 0.1) is 0 Å². The second-order valence-corrected chi connectivity index (χ2v) is 5.55. The van der Waals surface area contributed by atoms with Gasteiger partial charge in [0.1, 0.15) is 12.3 Å². The van der Waals surface area contributed by atoms with Gasteiger partial charge in [0.05, 0.1) is 20.6 Å². The van der Waals surface area contributed by atoms with Gasteiger partial charge in [-0.25, -0.2) is 0 Å². The number of ether oxygens (including phenoxy) is 1. The number of hydrogen-bond acceptors (Lipinski definition) is 3. The number of aromatic hydroxyl groups is 1. The molecule has 1 aromatic carbocycles. The van der Waals surface area contributed by atoms with Crippen LogP contribution >= 0.6 is 0 Å². The first-order valence-corrected chi connectivity index (χ1v) is 6.62. The Hall–Kier alpha value is -1.55. The van der Waals surface area contributed by atoms with Crippen LogP contribution in [0.4, 0.5) is 0 Å². The summed E-state index contributed by atoms with van der Waals surface area (Å²) in [7, 11) is 4.35. The summed E-state index contributed by atoms with van der Waals surface area (Å²) < 4.78 is 6.14. The molecule has 2 rings (SSSR count). The molecule has 0 aliphatic carbocycles. The summed E-state index contributed by atoms with van der Waals surface area (Å²) in [5, 5.41) is 8.63. The Morgan fingerprint density at radius 1 is 1.32 bits per heavy atom. The molecular weight excluding hydrogens is 242 g/mol. The number of phenolic OH excluding ortho intramolecular Hbond substituents is 1. The normalized spacial score (nSPS) is 20.9. The molecule has 0 saturated carbocycles. The van der Waals surface area contributed by atoms with Gasteiger partial charge in [-0.15, -0.1) is 0 Å². The number of nitrogens with zero attached hydrogens (tertiary/aromatic N) is 1. The predicted octanol–water partition coefficient (Wildman–Crippen LogP) is 2.18. The van der Waals surface area contributed by atoms with Crippen molar-refractivity contribution in [1.29, 1.82) is 0 Å². The van der Waals surface area contributed by atoms with Crippen molar-refractivity contribution in [3.8, 4) is 5.75 Å². The number of benzene rings is 1. The summed E-state index contributed by atoms with van der Waals surface area (Å²) in [6, 6.07) is 8.71. The van der Waals surface area contributed by atoms with Crippen LogP contribution in [0.25, 0.3) is 0 Å². The average Bonchev–Trinajstić information content (AvgIpc) is 2.28. The van der Waals surface area contributed by atoms with Crippen LogP contribution < -0.4 is 0 Å². The maximum absolute atomic E-state index is 10.7. The molecule has 1 aliphatic rings. The lowest BCUT2D eigenvalue weighted by molar-refractivity contribution is -0.898. The summed E-state index contributed by atoms with van der Waals surface area (Å²) in [6.45, 7) is 3.63. The van der Waals surface area contributed by atoms with Crippen molar-refractivity contribution < 1.29 is 19.1 Å². The zero-order valence-electron chi connectivity index (χ0n) is 12.0. The van der Waals surface area contributed by atoms with Crippen LogP contribution in [0.3, 0.4) is 0 Å². The highest BCUT2D eigenvalue weighted by atomic mass is 16.5. The quantitative estimate of drug-likeness (QED) is 0.626. The first-order valence-electron chi connectivity index (χ1n) is 6.62. The van der Waals surface area contributed by atoms with Gasteiger partial charge in [-0.3, -0.25) is 4.79 Å². The lowest BCUT2D eigenvalue weighted by atomic mass is 10.1. The number of hydrogen-bond donors (Lipinski definition) is 1. The highest BCUT2D eigenvalue weighted by Crippen LogP contribution is 2.16. The molecule has 1 aliphatic heterocycles. The third kappa shape index (κ3) is 6.82. The second kappa shape index (κ2) is 7.14. The number of carbonyl (C=O) groups excluding carboxylic acids is 1. The standard InChI is InChI=1S/C9H18NO2.C6H6O/c1-8(11)12-9-5-4-6-10(2,3)7-9;7-6-4-2-1-3-5-6/h9H,4-7H2,1-3H3;1-5,7H/q+1;. The number of carbonyl (C=O) groups is 1. The molecule has 0 radical (unpaired) electrons. The fraction of sp³-hybridized carbons (Fsp3) is 0.533. The van der Waals surface area contributed by atoms with E-state index in [0.717, 1.165) is 23.9 Å². The van der Waals surface area contributed by atoms with E-state index in [1.165, 1.54) is 13.5 Å². The maximum Gasteiger partial charge on any atom is 0.303 e. The molecule has 4 nitrogen and oxygen atoms in total. The minimum Gasteiger partial charge on any atom is -0.508 e.